The van der Waals surface area contributed by atoms with Crippen LogP contribution in [0, 0.1) is 23.7 Å². The molecular weight excluding hydrogens is 324 g/mol. The van der Waals surface area contributed by atoms with E-state index in [1.807, 2.05) is 0 Å². The van der Waals surface area contributed by atoms with Gasteiger partial charge in [-0.15, -0.1) is 6.58 Å². The van der Waals surface area contributed by atoms with Crippen molar-refractivity contribution in [2.24, 2.45) is 23.7 Å². The first-order valence-electron chi connectivity index (χ1n) is 12.0. The molecule has 0 radical (unpaired) electrons. The second kappa shape index (κ2) is 8.97. The molecule has 4 rings (SSSR count). The summed E-state index contributed by atoms with van der Waals surface area (Å²) in [5.41, 5.74) is 5.03. The van der Waals surface area contributed by atoms with E-state index in [9.17, 15) is 0 Å². The highest BCUT2D eigenvalue weighted by Crippen LogP contribution is 2.48. The number of rotatable bonds is 6. The van der Waals surface area contributed by atoms with Gasteiger partial charge in [0.2, 0.25) is 0 Å². The molecular formula is C27H40. The third-order valence-electron chi connectivity index (χ3n) is 8.23. The van der Waals surface area contributed by atoms with Crippen LogP contribution in [0.25, 0.3) is 0 Å². The first-order valence-corrected chi connectivity index (χ1v) is 12.0. The highest BCUT2D eigenvalue weighted by atomic mass is 14.4. The van der Waals surface area contributed by atoms with Crippen molar-refractivity contribution in [3.8, 4) is 0 Å². The first-order chi connectivity index (χ1) is 13.3. The normalized spacial score (nSPS) is 33.1. The first kappa shape index (κ1) is 19.3. The smallest absolute Gasteiger partial charge is 0.0159 e. The average Bonchev–Trinajstić information content (AvgIpc) is 2.71. The zero-order valence-corrected chi connectivity index (χ0v) is 17.6. The summed E-state index contributed by atoms with van der Waals surface area (Å²) in [7, 11) is 0. The van der Waals surface area contributed by atoms with Crippen LogP contribution in [0.4, 0.5) is 0 Å². The summed E-state index contributed by atoms with van der Waals surface area (Å²) in [6.45, 7) is 6.25. The van der Waals surface area contributed by atoms with Gasteiger partial charge >= 0.3 is 0 Å². The van der Waals surface area contributed by atoms with Crippen molar-refractivity contribution in [3.63, 3.8) is 0 Å². The van der Waals surface area contributed by atoms with Crippen molar-refractivity contribution in [1.29, 1.82) is 0 Å². The lowest BCUT2D eigenvalue weighted by molar-refractivity contribution is 0.115. The molecule has 0 N–H and O–H groups in total. The summed E-state index contributed by atoms with van der Waals surface area (Å²) in [5.74, 6) is 4.81. The lowest BCUT2D eigenvalue weighted by Crippen LogP contribution is -2.30. The molecule has 2 saturated carbocycles. The fraction of sp³-hybridized carbons (Fsp3) is 0.704. The fourth-order valence-corrected chi connectivity index (χ4v) is 6.66. The minimum atomic E-state index is 0.842. The van der Waals surface area contributed by atoms with Crippen LogP contribution in [0.2, 0.25) is 0 Å². The molecule has 0 amide bonds. The summed E-state index contributed by atoms with van der Waals surface area (Å²) in [4.78, 5) is 0. The minimum Gasteiger partial charge on any atom is -0.103 e. The van der Waals surface area contributed by atoms with Crippen LogP contribution >= 0.6 is 0 Å². The lowest BCUT2D eigenvalue weighted by atomic mass is 9.63. The van der Waals surface area contributed by atoms with Gasteiger partial charge in [0.1, 0.15) is 0 Å². The van der Waals surface area contributed by atoms with Gasteiger partial charge < -0.3 is 0 Å². The number of fused-ring (bicyclic) bond motifs is 2. The van der Waals surface area contributed by atoms with Gasteiger partial charge in [-0.25, -0.2) is 0 Å². The second-order valence-corrected chi connectivity index (χ2v) is 10.0. The Kier molecular flexibility index (Phi) is 6.41. The topological polar surface area (TPSA) is 0 Å². The molecule has 0 aliphatic heterocycles. The molecule has 0 heterocycles. The Balaban J connectivity index is 1.36. The Bertz CT molecular complexity index is 627. The van der Waals surface area contributed by atoms with Gasteiger partial charge in [-0.05, 0) is 110 Å². The minimum absolute atomic E-state index is 0.842. The highest BCUT2D eigenvalue weighted by Gasteiger charge is 2.35. The van der Waals surface area contributed by atoms with Crippen LogP contribution in [0.15, 0.2) is 30.9 Å². The van der Waals surface area contributed by atoms with Crippen molar-refractivity contribution < 1.29 is 0 Å². The number of hydrogen-bond donors (Lipinski definition) is 0. The zero-order chi connectivity index (χ0) is 18.6. The zero-order valence-electron chi connectivity index (χ0n) is 17.6. The SMILES string of the molecule is C=CCCC1CCC2CC(c3ccc4c(c3)CCC(CCC)C4)CCC2C1. The van der Waals surface area contributed by atoms with Gasteiger partial charge in [0.05, 0.1) is 0 Å². The van der Waals surface area contributed by atoms with Crippen LogP contribution in [0.5, 0.6) is 0 Å². The Morgan fingerprint density at radius 1 is 0.926 bits per heavy atom. The fourth-order valence-electron chi connectivity index (χ4n) is 6.66. The van der Waals surface area contributed by atoms with Crippen LogP contribution in [0.1, 0.15) is 100 Å². The van der Waals surface area contributed by atoms with Gasteiger partial charge in [-0.3, -0.25) is 0 Å². The van der Waals surface area contributed by atoms with E-state index in [1.54, 1.807) is 16.7 Å². The molecule has 0 saturated heterocycles. The lowest BCUT2D eigenvalue weighted by Gasteiger charge is -2.42. The monoisotopic (exact) mass is 364 g/mol. The molecule has 1 aromatic carbocycles. The van der Waals surface area contributed by atoms with Crippen LogP contribution in [-0.4, -0.2) is 0 Å². The van der Waals surface area contributed by atoms with Gasteiger partial charge in [0, 0.05) is 0 Å². The molecule has 3 aliphatic carbocycles. The number of allylic oxidation sites excluding steroid dienone is 1. The quantitative estimate of drug-likeness (QED) is 0.451. The molecule has 5 unspecified atom stereocenters. The Hall–Kier alpha value is -1.04. The van der Waals surface area contributed by atoms with Crippen molar-refractivity contribution in [2.75, 3.05) is 0 Å². The summed E-state index contributed by atoms with van der Waals surface area (Å²) in [5, 5.41) is 0. The molecule has 0 nitrogen and oxygen atoms in total. The van der Waals surface area contributed by atoms with Gasteiger partial charge in [-0.2, -0.15) is 0 Å². The molecule has 3 aliphatic rings. The molecule has 0 heteroatoms. The third kappa shape index (κ3) is 4.52. The maximum atomic E-state index is 3.91. The predicted octanol–water partition coefficient (Wildman–Crippen LogP) is 7.86. The van der Waals surface area contributed by atoms with Crippen LogP contribution in [0.3, 0.4) is 0 Å². The summed E-state index contributed by atoms with van der Waals surface area (Å²) >= 11 is 0. The van der Waals surface area contributed by atoms with Crippen molar-refractivity contribution in [1.82, 2.24) is 0 Å². The molecule has 5 atom stereocenters. The van der Waals surface area contributed by atoms with E-state index >= 15 is 0 Å². The molecule has 148 valence electrons. The Morgan fingerprint density at radius 3 is 2.63 bits per heavy atom. The highest BCUT2D eigenvalue weighted by molar-refractivity contribution is 5.36. The summed E-state index contributed by atoms with van der Waals surface area (Å²) in [6, 6.07) is 7.64. The maximum absolute atomic E-state index is 3.91. The van der Waals surface area contributed by atoms with Gasteiger partial charge in [-0.1, -0.05) is 50.5 Å². The maximum Gasteiger partial charge on any atom is -0.0159 e. The number of hydrogen-bond acceptors (Lipinski definition) is 0. The summed E-state index contributed by atoms with van der Waals surface area (Å²) in [6.07, 6.45) is 20.4. The van der Waals surface area contributed by atoms with E-state index in [-0.39, 0.29) is 0 Å². The van der Waals surface area contributed by atoms with Gasteiger partial charge in [0.15, 0.2) is 0 Å². The van der Waals surface area contributed by atoms with E-state index in [2.05, 4.69) is 37.8 Å². The van der Waals surface area contributed by atoms with Crippen molar-refractivity contribution in [3.05, 3.63) is 47.5 Å². The second-order valence-electron chi connectivity index (χ2n) is 10.0. The predicted molar refractivity (Wildman–Crippen MR) is 117 cm³/mol. The van der Waals surface area contributed by atoms with E-state index in [0.29, 0.717) is 0 Å². The van der Waals surface area contributed by atoms with E-state index < -0.39 is 0 Å². The van der Waals surface area contributed by atoms with E-state index in [0.717, 1.165) is 29.6 Å². The summed E-state index contributed by atoms with van der Waals surface area (Å²) < 4.78 is 0. The number of benzene rings is 1. The molecule has 0 aromatic heterocycles. The molecule has 27 heavy (non-hydrogen) atoms. The third-order valence-corrected chi connectivity index (χ3v) is 8.23. The molecule has 0 bridgehead atoms. The largest absolute Gasteiger partial charge is 0.103 e. The van der Waals surface area contributed by atoms with E-state index in [4.69, 9.17) is 0 Å². The standard InChI is InChI=1S/C27H40/c1-3-5-7-21-9-11-25-19-27(15-13-23(25)17-21)26-14-12-22-16-20(6-4-2)8-10-24(22)18-26/h3,12,14,18,20-21,23,25,27H,1,4-11,13,15-17,19H2,2H3. The molecule has 2 fully saturated rings. The Morgan fingerprint density at radius 2 is 1.78 bits per heavy atom. The molecule has 1 aromatic rings. The average molecular weight is 365 g/mol. The van der Waals surface area contributed by atoms with Crippen LogP contribution < -0.4 is 0 Å². The van der Waals surface area contributed by atoms with Crippen molar-refractivity contribution in [2.45, 2.75) is 96.3 Å². The van der Waals surface area contributed by atoms with E-state index in [1.165, 1.54) is 83.5 Å². The van der Waals surface area contributed by atoms with Crippen molar-refractivity contribution >= 4 is 0 Å². The molecule has 0 spiro atoms. The number of aryl methyl sites for hydroxylation is 1. The Labute approximate surface area is 167 Å². The van der Waals surface area contributed by atoms with Crippen LogP contribution in [-0.2, 0) is 12.8 Å². The van der Waals surface area contributed by atoms with Gasteiger partial charge in [0.25, 0.3) is 0 Å².